The van der Waals surface area contributed by atoms with Crippen LogP contribution in [0.2, 0.25) is 0 Å². The predicted molar refractivity (Wildman–Crippen MR) is 157 cm³/mol. The number of benzene rings is 3. The van der Waals surface area contributed by atoms with E-state index in [1.165, 1.54) is 4.90 Å². The first-order chi connectivity index (χ1) is 19.2. The third-order valence-electron chi connectivity index (χ3n) is 6.57. The van der Waals surface area contributed by atoms with Crippen LogP contribution in [0.25, 0.3) is 0 Å². The summed E-state index contributed by atoms with van der Waals surface area (Å²) in [7, 11) is -2.16. The first-order valence-electron chi connectivity index (χ1n) is 13.5. The zero-order chi connectivity index (χ0) is 29.0. The summed E-state index contributed by atoms with van der Waals surface area (Å²) in [6.07, 6.45) is 3.91. The van der Waals surface area contributed by atoms with E-state index in [0.717, 1.165) is 41.0 Å². The van der Waals surface area contributed by atoms with Crippen LogP contribution in [0.1, 0.15) is 48.9 Å². The Morgan fingerprint density at radius 2 is 1.45 bits per heavy atom. The zero-order valence-corrected chi connectivity index (χ0v) is 24.3. The van der Waals surface area contributed by atoms with Gasteiger partial charge in [-0.3, -0.25) is 9.59 Å². The summed E-state index contributed by atoms with van der Waals surface area (Å²) < 4.78 is 31.9. The Morgan fingerprint density at radius 1 is 0.850 bits per heavy atom. The Bertz CT molecular complexity index is 1320. The number of hydrogen-bond donors (Lipinski definition) is 1. The zero-order valence-electron chi connectivity index (χ0n) is 23.5. The average Bonchev–Trinajstić information content (AvgIpc) is 2.95. The van der Waals surface area contributed by atoms with Crippen LogP contribution in [0, 0.1) is 0 Å². The third-order valence-corrected chi connectivity index (χ3v) is 7.77. The van der Waals surface area contributed by atoms with E-state index in [1.807, 2.05) is 72.8 Å². The molecule has 0 saturated carbocycles. The molecule has 0 aliphatic carbocycles. The normalized spacial score (nSPS) is 12.1. The van der Waals surface area contributed by atoms with Gasteiger partial charge in [-0.15, -0.1) is 0 Å². The lowest BCUT2D eigenvalue weighted by Crippen LogP contribution is -2.47. The minimum Gasteiger partial charge on any atom is -0.497 e. The van der Waals surface area contributed by atoms with Crippen LogP contribution in [0.5, 0.6) is 5.75 Å². The fourth-order valence-corrected chi connectivity index (χ4v) is 5.09. The number of amides is 2. The molecule has 0 unspecified atom stereocenters. The number of unbranched alkanes of at least 4 members (excludes halogenated alkanes) is 2. The average molecular weight is 566 g/mol. The van der Waals surface area contributed by atoms with E-state index in [0.29, 0.717) is 17.9 Å². The molecule has 9 heteroatoms. The second kappa shape index (κ2) is 15.2. The summed E-state index contributed by atoms with van der Waals surface area (Å²) in [5.74, 6) is -0.117. The number of nitrogens with one attached hydrogen (secondary N) is 1. The summed E-state index contributed by atoms with van der Waals surface area (Å²) in [6, 6.07) is 24.5. The Hall–Kier alpha value is -3.69. The van der Waals surface area contributed by atoms with Crippen molar-refractivity contribution >= 4 is 21.8 Å². The van der Waals surface area contributed by atoms with Gasteiger partial charge in [0.2, 0.25) is 21.8 Å². The van der Waals surface area contributed by atoms with E-state index < -0.39 is 28.5 Å². The summed E-state index contributed by atoms with van der Waals surface area (Å²) >= 11 is 0. The fraction of sp³-hybridized carbons (Fsp3) is 0.355. The predicted octanol–water partition coefficient (Wildman–Crippen LogP) is 4.53. The van der Waals surface area contributed by atoms with Gasteiger partial charge in [0.15, 0.2) is 0 Å². The van der Waals surface area contributed by atoms with Crippen molar-refractivity contribution in [3.05, 3.63) is 102 Å². The summed E-state index contributed by atoms with van der Waals surface area (Å²) in [5, 5.41) is 2.99. The molecule has 1 N–H and O–H groups in total. The number of hydrogen-bond acceptors (Lipinski definition) is 5. The van der Waals surface area contributed by atoms with Crippen molar-refractivity contribution in [3.8, 4) is 5.75 Å². The second-order valence-corrected chi connectivity index (χ2v) is 11.7. The second-order valence-electron chi connectivity index (χ2n) is 9.70. The first-order valence-corrected chi connectivity index (χ1v) is 15.3. The van der Waals surface area contributed by atoms with E-state index in [1.54, 1.807) is 19.2 Å². The SMILES string of the molecule is CCCCCNC(=O)[C@@H](c1ccccc1)N(Cc1ccc(OC)cc1)C(=O)CN(Cc1ccccc1)S(C)(=O)=O. The number of sulfonamides is 1. The van der Waals surface area contributed by atoms with Crippen molar-refractivity contribution in [2.24, 2.45) is 0 Å². The molecule has 8 nitrogen and oxygen atoms in total. The van der Waals surface area contributed by atoms with Gasteiger partial charge in [0.05, 0.1) is 19.9 Å². The molecule has 0 spiro atoms. The molecule has 0 radical (unpaired) electrons. The maximum absolute atomic E-state index is 14.0. The molecule has 40 heavy (non-hydrogen) atoms. The Balaban J connectivity index is 1.99. The van der Waals surface area contributed by atoms with Gasteiger partial charge >= 0.3 is 0 Å². The molecular formula is C31H39N3O5S. The first kappa shape index (κ1) is 30.8. The van der Waals surface area contributed by atoms with E-state index >= 15 is 0 Å². The van der Waals surface area contributed by atoms with E-state index in [2.05, 4.69) is 12.2 Å². The van der Waals surface area contributed by atoms with Crippen LogP contribution in [0.4, 0.5) is 0 Å². The lowest BCUT2D eigenvalue weighted by Gasteiger charge is -2.33. The Kier molecular flexibility index (Phi) is 11.7. The molecule has 0 bridgehead atoms. The topological polar surface area (TPSA) is 96.0 Å². The molecule has 0 aliphatic rings. The molecule has 3 aromatic rings. The van der Waals surface area contributed by atoms with Crippen LogP contribution < -0.4 is 10.1 Å². The van der Waals surface area contributed by atoms with Gasteiger partial charge in [-0.05, 0) is 35.2 Å². The third kappa shape index (κ3) is 9.20. The van der Waals surface area contributed by atoms with Crippen LogP contribution in [0.3, 0.4) is 0 Å². The van der Waals surface area contributed by atoms with Crippen molar-refractivity contribution < 1.29 is 22.7 Å². The Morgan fingerprint density at radius 3 is 2.02 bits per heavy atom. The van der Waals surface area contributed by atoms with E-state index in [-0.39, 0.29) is 19.0 Å². The smallest absolute Gasteiger partial charge is 0.247 e. The van der Waals surface area contributed by atoms with Crippen LogP contribution in [-0.4, -0.2) is 55.9 Å². The number of nitrogens with zero attached hydrogens (tertiary/aromatic N) is 2. The molecule has 0 fully saturated rings. The van der Waals surface area contributed by atoms with Crippen molar-refractivity contribution in [2.45, 2.75) is 45.3 Å². The molecule has 3 rings (SSSR count). The van der Waals surface area contributed by atoms with Crippen molar-refractivity contribution in [1.29, 1.82) is 0 Å². The lowest BCUT2D eigenvalue weighted by molar-refractivity contribution is -0.141. The largest absolute Gasteiger partial charge is 0.497 e. The highest BCUT2D eigenvalue weighted by Crippen LogP contribution is 2.25. The highest BCUT2D eigenvalue weighted by molar-refractivity contribution is 7.88. The quantitative estimate of drug-likeness (QED) is 0.273. The molecule has 0 heterocycles. The summed E-state index contributed by atoms with van der Waals surface area (Å²) in [6.45, 7) is 2.32. The molecule has 2 amide bonds. The molecule has 214 valence electrons. The minimum absolute atomic E-state index is 0.0427. The number of carbonyl (C=O) groups is 2. The molecular weight excluding hydrogens is 526 g/mol. The highest BCUT2D eigenvalue weighted by atomic mass is 32.2. The van der Waals surface area contributed by atoms with Crippen LogP contribution >= 0.6 is 0 Å². The van der Waals surface area contributed by atoms with Crippen molar-refractivity contribution in [1.82, 2.24) is 14.5 Å². The van der Waals surface area contributed by atoms with Crippen molar-refractivity contribution in [3.63, 3.8) is 0 Å². The van der Waals surface area contributed by atoms with Gasteiger partial charge in [-0.1, -0.05) is 92.6 Å². The maximum Gasteiger partial charge on any atom is 0.247 e. The number of ether oxygens (including phenoxy) is 1. The molecule has 1 atom stereocenters. The van der Waals surface area contributed by atoms with Gasteiger partial charge in [0.25, 0.3) is 0 Å². The van der Waals surface area contributed by atoms with Gasteiger partial charge in [0, 0.05) is 19.6 Å². The monoisotopic (exact) mass is 565 g/mol. The van der Waals surface area contributed by atoms with Gasteiger partial charge in [-0.25, -0.2) is 8.42 Å². The molecule has 3 aromatic carbocycles. The summed E-state index contributed by atoms with van der Waals surface area (Å²) in [4.78, 5) is 29.2. The van der Waals surface area contributed by atoms with Crippen LogP contribution in [-0.2, 0) is 32.7 Å². The van der Waals surface area contributed by atoms with Crippen molar-refractivity contribution in [2.75, 3.05) is 26.5 Å². The lowest BCUT2D eigenvalue weighted by atomic mass is 10.0. The fourth-order valence-electron chi connectivity index (χ4n) is 4.36. The van der Waals surface area contributed by atoms with Gasteiger partial charge in [-0.2, -0.15) is 4.31 Å². The number of rotatable bonds is 15. The van der Waals surface area contributed by atoms with Crippen LogP contribution in [0.15, 0.2) is 84.9 Å². The highest BCUT2D eigenvalue weighted by Gasteiger charge is 2.33. The standard InChI is InChI=1S/C31H39N3O5S/c1-4-5-12-21-32-31(36)30(27-15-10-7-11-16-27)34(23-26-17-19-28(39-2)20-18-26)29(35)24-33(40(3,37)38)22-25-13-8-6-9-14-25/h6-11,13-20,30H,4-5,12,21-24H2,1-3H3,(H,32,36)/t30-/m1/s1. The molecule has 0 aliphatic heterocycles. The van der Waals surface area contributed by atoms with E-state index in [9.17, 15) is 18.0 Å². The summed E-state index contributed by atoms with van der Waals surface area (Å²) in [5.41, 5.74) is 2.19. The van der Waals surface area contributed by atoms with E-state index in [4.69, 9.17) is 4.74 Å². The molecule has 0 aromatic heterocycles. The molecule has 0 saturated heterocycles. The van der Waals surface area contributed by atoms with Gasteiger partial charge < -0.3 is 15.0 Å². The van der Waals surface area contributed by atoms with Gasteiger partial charge in [0.1, 0.15) is 11.8 Å². The number of methoxy groups -OCH3 is 1. The Labute approximate surface area is 238 Å². The number of carbonyl (C=O) groups excluding carboxylic acids is 2. The minimum atomic E-state index is -3.74. The maximum atomic E-state index is 14.0.